The smallest absolute Gasteiger partial charge is 0.215 e. The summed E-state index contributed by atoms with van der Waals surface area (Å²) in [6.45, 7) is 3.10. The van der Waals surface area contributed by atoms with Gasteiger partial charge in [-0.25, -0.2) is 13.1 Å². The van der Waals surface area contributed by atoms with Gasteiger partial charge in [-0.3, -0.25) is 0 Å². The van der Waals surface area contributed by atoms with Gasteiger partial charge in [0, 0.05) is 24.6 Å². The summed E-state index contributed by atoms with van der Waals surface area (Å²) in [5, 5.41) is 0. The minimum absolute atomic E-state index is 0.0490. The van der Waals surface area contributed by atoms with Crippen molar-refractivity contribution in [1.29, 1.82) is 0 Å². The van der Waals surface area contributed by atoms with Gasteiger partial charge in [0.2, 0.25) is 10.0 Å². The fourth-order valence-electron chi connectivity index (χ4n) is 2.31. The second-order valence-electron chi connectivity index (χ2n) is 5.29. The van der Waals surface area contributed by atoms with E-state index in [1.807, 2.05) is 6.92 Å². The summed E-state index contributed by atoms with van der Waals surface area (Å²) in [5.41, 5.74) is 6.95. The molecule has 1 aliphatic heterocycles. The highest BCUT2D eigenvalue weighted by Gasteiger charge is 2.25. The number of benzene rings is 1. The molecule has 0 aromatic heterocycles. The molecule has 1 aromatic rings. The molecule has 2 rings (SSSR count). The Labute approximate surface area is 130 Å². The van der Waals surface area contributed by atoms with Crippen LogP contribution >= 0.6 is 12.2 Å². The Morgan fingerprint density at radius 3 is 2.62 bits per heavy atom. The molecule has 0 amide bonds. The molecule has 0 saturated carbocycles. The number of hydrogen-bond acceptors (Lipinski definition) is 4. The van der Waals surface area contributed by atoms with Gasteiger partial charge in [-0.2, -0.15) is 0 Å². The molecule has 0 spiro atoms. The van der Waals surface area contributed by atoms with E-state index in [4.69, 9.17) is 22.7 Å². The largest absolute Gasteiger partial charge is 0.389 e. The molecule has 1 aromatic carbocycles. The van der Waals surface area contributed by atoms with E-state index in [1.165, 1.54) is 0 Å². The van der Waals surface area contributed by atoms with E-state index < -0.39 is 10.0 Å². The minimum Gasteiger partial charge on any atom is -0.389 e. The number of ether oxygens (including phenoxy) is 1. The molecule has 2 atom stereocenters. The lowest BCUT2D eigenvalue weighted by Crippen LogP contribution is -2.32. The van der Waals surface area contributed by atoms with Gasteiger partial charge in [-0.05, 0) is 18.9 Å². The van der Waals surface area contributed by atoms with Gasteiger partial charge in [0.15, 0.2) is 0 Å². The average molecular weight is 328 g/mol. The number of thiocarbonyl (C=S) groups is 1. The molecular formula is C14H20N2O3S2. The molecule has 0 bridgehead atoms. The van der Waals surface area contributed by atoms with Gasteiger partial charge in [-0.1, -0.05) is 36.5 Å². The van der Waals surface area contributed by atoms with Crippen molar-refractivity contribution in [2.24, 2.45) is 11.7 Å². The van der Waals surface area contributed by atoms with Crippen LogP contribution in [0.15, 0.2) is 24.3 Å². The van der Waals surface area contributed by atoms with E-state index in [-0.39, 0.29) is 17.8 Å². The first-order valence-corrected chi connectivity index (χ1v) is 8.91. The summed E-state index contributed by atoms with van der Waals surface area (Å²) in [4.78, 5) is 0.303. The van der Waals surface area contributed by atoms with Crippen molar-refractivity contribution in [3.63, 3.8) is 0 Å². The third-order valence-corrected chi connectivity index (χ3v) is 5.25. The first kappa shape index (κ1) is 16.4. The van der Waals surface area contributed by atoms with Gasteiger partial charge < -0.3 is 10.5 Å². The molecule has 7 heteroatoms. The first-order chi connectivity index (χ1) is 9.87. The predicted molar refractivity (Wildman–Crippen MR) is 86.5 cm³/mol. The molecule has 1 saturated heterocycles. The number of nitrogens with two attached hydrogens (primary N) is 1. The maximum Gasteiger partial charge on any atom is 0.215 e. The third-order valence-electron chi connectivity index (χ3n) is 3.69. The molecule has 3 N–H and O–H groups in total. The number of sulfonamides is 1. The highest BCUT2D eigenvalue weighted by atomic mass is 32.2. The predicted octanol–water partition coefficient (Wildman–Crippen LogP) is 1.17. The van der Waals surface area contributed by atoms with Gasteiger partial charge in [-0.15, -0.1) is 0 Å². The lowest BCUT2D eigenvalue weighted by Gasteiger charge is -2.15. The van der Waals surface area contributed by atoms with Crippen molar-refractivity contribution in [2.75, 3.05) is 13.2 Å². The van der Waals surface area contributed by atoms with Crippen LogP contribution in [0, 0.1) is 5.92 Å². The number of rotatable bonds is 6. The minimum atomic E-state index is -3.35. The van der Waals surface area contributed by atoms with E-state index in [0.29, 0.717) is 23.7 Å². The van der Waals surface area contributed by atoms with Crippen LogP contribution in [0.1, 0.15) is 24.5 Å². The van der Waals surface area contributed by atoms with Crippen LogP contribution in [0.3, 0.4) is 0 Å². The topological polar surface area (TPSA) is 81.4 Å². The lowest BCUT2D eigenvalue weighted by atomic mass is 10.0. The molecule has 1 fully saturated rings. The lowest BCUT2D eigenvalue weighted by molar-refractivity contribution is 0.107. The summed E-state index contributed by atoms with van der Waals surface area (Å²) in [5.74, 6) is 0.198. The fraction of sp³-hybridized carbons (Fsp3) is 0.500. The zero-order valence-corrected chi connectivity index (χ0v) is 13.5. The van der Waals surface area contributed by atoms with Crippen LogP contribution in [-0.2, 0) is 20.5 Å². The van der Waals surface area contributed by atoms with Crippen molar-refractivity contribution < 1.29 is 13.2 Å². The van der Waals surface area contributed by atoms with Crippen LogP contribution in [0.5, 0.6) is 0 Å². The van der Waals surface area contributed by atoms with Crippen LogP contribution < -0.4 is 10.5 Å². The Bertz CT molecular complexity index is 599. The van der Waals surface area contributed by atoms with Crippen molar-refractivity contribution in [3.05, 3.63) is 35.4 Å². The first-order valence-electron chi connectivity index (χ1n) is 6.85. The molecule has 1 aliphatic rings. The summed E-state index contributed by atoms with van der Waals surface area (Å²) < 4.78 is 32.2. The van der Waals surface area contributed by atoms with Gasteiger partial charge in [0.1, 0.15) is 4.99 Å². The molecule has 5 nitrogen and oxygen atoms in total. The maximum atomic E-state index is 12.1. The van der Waals surface area contributed by atoms with Crippen LogP contribution in [0.25, 0.3) is 0 Å². The monoisotopic (exact) mass is 328 g/mol. The van der Waals surface area contributed by atoms with Crippen molar-refractivity contribution in [1.82, 2.24) is 4.72 Å². The van der Waals surface area contributed by atoms with Crippen LogP contribution in [0.2, 0.25) is 0 Å². The molecule has 0 aliphatic carbocycles. The van der Waals surface area contributed by atoms with Crippen LogP contribution in [0.4, 0.5) is 0 Å². The maximum absolute atomic E-state index is 12.1. The summed E-state index contributed by atoms with van der Waals surface area (Å²) >= 11 is 4.86. The van der Waals surface area contributed by atoms with E-state index >= 15 is 0 Å². The number of nitrogens with one attached hydrogen (secondary N) is 1. The van der Waals surface area contributed by atoms with E-state index in [9.17, 15) is 8.42 Å². The average Bonchev–Trinajstić information content (AvgIpc) is 2.82. The SMILES string of the molecule is CC1OCCC1CNS(=O)(=O)Cc1ccc(C(N)=S)cc1. The van der Waals surface area contributed by atoms with Crippen molar-refractivity contribution in [3.8, 4) is 0 Å². The number of hydrogen-bond donors (Lipinski definition) is 2. The zero-order valence-electron chi connectivity index (χ0n) is 11.9. The molecule has 0 radical (unpaired) electrons. The summed E-state index contributed by atoms with van der Waals surface area (Å²) in [7, 11) is -3.35. The highest BCUT2D eigenvalue weighted by Crippen LogP contribution is 2.19. The molecule has 2 unspecified atom stereocenters. The second kappa shape index (κ2) is 6.83. The summed E-state index contributed by atoms with van der Waals surface area (Å²) in [6.07, 6.45) is 1.00. The zero-order chi connectivity index (χ0) is 15.5. The third kappa shape index (κ3) is 4.74. The molecular weight excluding hydrogens is 308 g/mol. The van der Waals surface area contributed by atoms with E-state index in [2.05, 4.69) is 4.72 Å². The van der Waals surface area contributed by atoms with Crippen LogP contribution in [-0.4, -0.2) is 32.7 Å². The Morgan fingerprint density at radius 2 is 2.10 bits per heavy atom. The van der Waals surface area contributed by atoms with Gasteiger partial charge in [0.05, 0.1) is 11.9 Å². The fourth-order valence-corrected chi connectivity index (χ4v) is 3.65. The molecule has 116 valence electrons. The van der Waals surface area contributed by atoms with Crippen molar-refractivity contribution in [2.45, 2.75) is 25.2 Å². The quantitative estimate of drug-likeness (QED) is 0.766. The Hall–Kier alpha value is -1.02. The van der Waals surface area contributed by atoms with E-state index in [1.54, 1.807) is 24.3 Å². The van der Waals surface area contributed by atoms with Crippen molar-refractivity contribution >= 4 is 27.2 Å². The summed E-state index contributed by atoms with van der Waals surface area (Å²) in [6, 6.07) is 6.93. The Balaban J connectivity index is 1.92. The van der Waals surface area contributed by atoms with Gasteiger partial charge >= 0.3 is 0 Å². The Morgan fingerprint density at radius 1 is 1.43 bits per heavy atom. The normalized spacial score (nSPS) is 22.3. The Kier molecular flexibility index (Phi) is 5.32. The van der Waals surface area contributed by atoms with E-state index in [0.717, 1.165) is 12.0 Å². The second-order valence-corrected chi connectivity index (χ2v) is 7.54. The van der Waals surface area contributed by atoms with Gasteiger partial charge in [0.25, 0.3) is 0 Å². The molecule has 1 heterocycles. The highest BCUT2D eigenvalue weighted by molar-refractivity contribution is 7.88. The molecule has 21 heavy (non-hydrogen) atoms. The standard InChI is InChI=1S/C14H20N2O3S2/c1-10-13(6-7-19-10)8-16-21(17,18)9-11-2-4-12(5-3-11)14(15)20/h2-5,10,13,16H,6-9H2,1H3,(H2,15,20).